The fourth-order valence-electron chi connectivity index (χ4n) is 2.66. The number of benzene rings is 3. The van der Waals surface area contributed by atoms with Crippen LogP contribution in [0.1, 0.15) is 16.4 Å². The van der Waals surface area contributed by atoms with Gasteiger partial charge in [-0.05, 0) is 36.4 Å². The van der Waals surface area contributed by atoms with Crippen LogP contribution in [-0.2, 0) is 0 Å². The maximum Gasteiger partial charge on any atom is 0.132 e. The molecule has 0 spiro atoms. The van der Waals surface area contributed by atoms with Crippen molar-refractivity contribution in [3.8, 4) is 11.5 Å². The molecule has 4 rings (SSSR count). The van der Waals surface area contributed by atoms with Crippen molar-refractivity contribution in [2.75, 3.05) is 0 Å². The first-order valence-electron chi connectivity index (χ1n) is 7.09. The van der Waals surface area contributed by atoms with E-state index < -0.39 is 0 Å². The van der Waals surface area contributed by atoms with Gasteiger partial charge in [-0.2, -0.15) is 0 Å². The third-order valence-corrected chi connectivity index (χ3v) is 5.20. The molecule has 0 radical (unpaired) electrons. The SMILES string of the molecule is Clc1ccc2c(c1)C(Sc1ccccc1)c1ccccc1O2. The average molecular weight is 325 g/mol. The molecule has 1 atom stereocenters. The van der Waals surface area contributed by atoms with Crippen LogP contribution in [0.5, 0.6) is 11.5 Å². The topological polar surface area (TPSA) is 9.23 Å². The minimum Gasteiger partial charge on any atom is -0.457 e. The summed E-state index contributed by atoms with van der Waals surface area (Å²) in [7, 11) is 0. The number of ether oxygens (including phenoxy) is 1. The molecule has 0 N–H and O–H groups in total. The smallest absolute Gasteiger partial charge is 0.132 e. The molecule has 1 unspecified atom stereocenters. The van der Waals surface area contributed by atoms with Crippen LogP contribution in [0.15, 0.2) is 77.7 Å². The Bertz CT molecular complexity index is 817. The van der Waals surface area contributed by atoms with E-state index in [0.29, 0.717) is 0 Å². The summed E-state index contributed by atoms with van der Waals surface area (Å²) in [5.41, 5.74) is 2.31. The van der Waals surface area contributed by atoms with Gasteiger partial charge in [0.15, 0.2) is 0 Å². The summed E-state index contributed by atoms with van der Waals surface area (Å²) in [6.45, 7) is 0. The molecular formula is C19H13ClOS. The first-order valence-corrected chi connectivity index (χ1v) is 8.35. The predicted molar refractivity (Wildman–Crippen MR) is 92.1 cm³/mol. The summed E-state index contributed by atoms with van der Waals surface area (Å²) in [4.78, 5) is 1.23. The lowest BCUT2D eigenvalue weighted by atomic mass is 10.00. The number of rotatable bonds is 2. The van der Waals surface area contributed by atoms with Crippen LogP contribution in [0.2, 0.25) is 5.02 Å². The first-order chi connectivity index (χ1) is 10.8. The van der Waals surface area contributed by atoms with Gasteiger partial charge in [0.05, 0.1) is 5.25 Å². The maximum absolute atomic E-state index is 6.21. The Labute approximate surface area is 138 Å². The minimum atomic E-state index is 0.182. The molecule has 108 valence electrons. The van der Waals surface area contributed by atoms with Crippen LogP contribution in [0.25, 0.3) is 0 Å². The Hall–Kier alpha value is -1.90. The maximum atomic E-state index is 6.21. The van der Waals surface area contributed by atoms with Gasteiger partial charge in [0.2, 0.25) is 0 Å². The Balaban J connectivity index is 1.83. The van der Waals surface area contributed by atoms with Gasteiger partial charge in [0.1, 0.15) is 11.5 Å². The third kappa shape index (κ3) is 2.49. The monoisotopic (exact) mass is 324 g/mol. The fourth-order valence-corrected chi connectivity index (χ4v) is 4.06. The highest BCUT2D eigenvalue weighted by Crippen LogP contribution is 2.51. The number of thioether (sulfide) groups is 1. The summed E-state index contributed by atoms with van der Waals surface area (Å²) >= 11 is 8.03. The molecule has 0 aromatic heterocycles. The summed E-state index contributed by atoms with van der Waals surface area (Å²) < 4.78 is 6.03. The molecule has 0 bridgehead atoms. The molecule has 0 fully saturated rings. The van der Waals surface area contributed by atoms with Crippen LogP contribution in [0.3, 0.4) is 0 Å². The number of para-hydroxylation sites is 1. The highest BCUT2D eigenvalue weighted by molar-refractivity contribution is 7.99. The van der Waals surface area contributed by atoms with Crippen molar-refractivity contribution in [3.05, 3.63) is 88.9 Å². The quantitative estimate of drug-likeness (QED) is 0.545. The molecular weight excluding hydrogens is 312 g/mol. The van der Waals surface area contributed by atoms with E-state index in [1.807, 2.05) is 48.2 Å². The molecule has 1 nitrogen and oxygen atoms in total. The van der Waals surface area contributed by atoms with Crippen LogP contribution >= 0.6 is 23.4 Å². The summed E-state index contributed by atoms with van der Waals surface area (Å²) in [6.07, 6.45) is 0. The van der Waals surface area contributed by atoms with E-state index in [0.717, 1.165) is 22.1 Å². The lowest BCUT2D eigenvalue weighted by Gasteiger charge is -2.28. The molecule has 1 aliphatic heterocycles. The highest BCUT2D eigenvalue weighted by atomic mass is 35.5. The molecule has 0 saturated heterocycles. The van der Waals surface area contributed by atoms with Gasteiger partial charge < -0.3 is 4.74 Å². The second kappa shape index (κ2) is 5.71. The predicted octanol–water partition coefficient (Wildman–Crippen LogP) is 6.33. The fraction of sp³-hybridized carbons (Fsp3) is 0.0526. The van der Waals surface area contributed by atoms with Gasteiger partial charge in [-0.3, -0.25) is 0 Å². The van der Waals surface area contributed by atoms with Gasteiger partial charge in [-0.15, -0.1) is 11.8 Å². The van der Waals surface area contributed by atoms with Crippen molar-refractivity contribution < 1.29 is 4.74 Å². The van der Waals surface area contributed by atoms with Crippen LogP contribution in [0, 0.1) is 0 Å². The van der Waals surface area contributed by atoms with Gasteiger partial charge in [-0.1, -0.05) is 48.0 Å². The van der Waals surface area contributed by atoms with Crippen molar-refractivity contribution >= 4 is 23.4 Å². The number of fused-ring (bicyclic) bond motifs is 2. The van der Waals surface area contributed by atoms with Crippen molar-refractivity contribution in [1.29, 1.82) is 0 Å². The van der Waals surface area contributed by atoms with Gasteiger partial charge in [-0.25, -0.2) is 0 Å². The number of hydrogen-bond donors (Lipinski definition) is 0. The van der Waals surface area contributed by atoms with Gasteiger partial charge in [0, 0.05) is 21.0 Å². The molecule has 3 aromatic rings. The van der Waals surface area contributed by atoms with Crippen LogP contribution < -0.4 is 4.74 Å². The second-order valence-electron chi connectivity index (χ2n) is 5.13. The van der Waals surface area contributed by atoms with Gasteiger partial charge in [0.25, 0.3) is 0 Å². The standard InChI is InChI=1S/C19H13ClOS/c20-13-10-11-18-16(12-13)19(22-14-6-2-1-3-7-14)15-8-4-5-9-17(15)21-18/h1-12,19H. The van der Waals surface area contributed by atoms with E-state index in [9.17, 15) is 0 Å². The normalized spacial score (nSPS) is 15.6. The van der Waals surface area contributed by atoms with Crippen molar-refractivity contribution in [3.63, 3.8) is 0 Å². The summed E-state index contributed by atoms with van der Waals surface area (Å²) in [6, 6.07) is 24.5. The Morgan fingerprint density at radius 3 is 2.36 bits per heavy atom. The molecule has 22 heavy (non-hydrogen) atoms. The Morgan fingerprint density at radius 1 is 0.773 bits per heavy atom. The number of halogens is 1. The van der Waals surface area contributed by atoms with Crippen LogP contribution in [0.4, 0.5) is 0 Å². The highest BCUT2D eigenvalue weighted by Gasteiger charge is 2.28. The zero-order valence-electron chi connectivity index (χ0n) is 11.7. The largest absolute Gasteiger partial charge is 0.457 e. The van der Waals surface area contributed by atoms with Crippen molar-refractivity contribution in [1.82, 2.24) is 0 Å². The molecule has 3 heteroatoms. The Morgan fingerprint density at radius 2 is 1.50 bits per heavy atom. The first kappa shape index (κ1) is 13.7. The molecule has 0 amide bonds. The average Bonchev–Trinajstić information content (AvgIpc) is 2.56. The number of hydrogen-bond acceptors (Lipinski definition) is 2. The lowest BCUT2D eigenvalue weighted by Crippen LogP contribution is -2.07. The lowest BCUT2D eigenvalue weighted by molar-refractivity contribution is 0.459. The van der Waals surface area contributed by atoms with E-state index in [4.69, 9.17) is 16.3 Å². The van der Waals surface area contributed by atoms with E-state index in [1.165, 1.54) is 10.5 Å². The second-order valence-corrected chi connectivity index (χ2v) is 6.75. The van der Waals surface area contributed by atoms with Crippen molar-refractivity contribution in [2.24, 2.45) is 0 Å². The van der Waals surface area contributed by atoms with E-state index >= 15 is 0 Å². The zero-order valence-corrected chi connectivity index (χ0v) is 13.3. The van der Waals surface area contributed by atoms with E-state index in [1.54, 1.807) is 0 Å². The van der Waals surface area contributed by atoms with Gasteiger partial charge >= 0.3 is 0 Å². The molecule has 0 saturated carbocycles. The van der Waals surface area contributed by atoms with E-state index in [-0.39, 0.29) is 5.25 Å². The molecule has 3 aromatic carbocycles. The third-order valence-electron chi connectivity index (χ3n) is 3.67. The minimum absolute atomic E-state index is 0.182. The molecule has 0 aliphatic carbocycles. The molecule has 1 heterocycles. The van der Waals surface area contributed by atoms with E-state index in [2.05, 4.69) is 36.4 Å². The van der Waals surface area contributed by atoms with Crippen molar-refractivity contribution in [2.45, 2.75) is 10.1 Å². The Kier molecular flexibility index (Phi) is 3.57. The summed E-state index contributed by atoms with van der Waals surface area (Å²) in [5.74, 6) is 1.81. The zero-order chi connectivity index (χ0) is 14.9. The summed E-state index contributed by atoms with van der Waals surface area (Å²) in [5, 5.41) is 0.918. The molecule has 1 aliphatic rings. The van der Waals surface area contributed by atoms with Crippen LogP contribution in [-0.4, -0.2) is 0 Å².